The fraction of sp³-hybridized carbons (Fsp3) is 0.444. The highest BCUT2D eigenvalue weighted by Crippen LogP contribution is 2.23. The van der Waals surface area contributed by atoms with Crippen LogP contribution in [0.25, 0.3) is 0 Å². The molecule has 1 heterocycles. The number of rotatable bonds is 11. The lowest BCUT2D eigenvalue weighted by molar-refractivity contribution is -0.154. The van der Waals surface area contributed by atoms with Gasteiger partial charge in [-0.3, -0.25) is 4.79 Å². The Balaban J connectivity index is 1.63. The third kappa shape index (κ3) is 8.00. The minimum atomic E-state index is -0.499. The van der Waals surface area contributed by atoms with Crippen LogP contribution in [0.5, 0.6) is 5.75 Å². The Morgan fingerprint density at radius 2 is 1.70 bits per heavy atom. The Labute approximate surface area is 197 Å². The number of ether oxygens (including phenoxy) is 4. The van der Waals surface area contributed by atoms with Gasteiger partial charge in [0.25, 0.3) is 5.91 Å². The fourth-order valence-corrected chi connectivity index (χ4v) is 3.72. The smallest absolute Gasteiger partial charge is 0.251 e. The SMILES string of the molecule is COc1ccc(CO[C@H](CCOCc2ccccc2)[C@H]2CC=CC[C@H](C(=O)N(C)C)O2)cc1. The standard InChI is InChI=1S/C27H35NO5/c1-28(2)27(29)26-12-8-7-11-25(33-26)24(17-18-31-19-21-9-5-4-6-10-21)32-20-22-13-15-23(30-3)16-14-22/h4-10,13-16,24-26H,11-12,17-20H2,1-3H3/t24-,25-,26-/m1/s1. The second kappa shape index (κ2) is 13.1. The molecule has 3 atom stereocenters. The van der Waals surface area contributed by atoms with E-state index in [1.807, 2.05) is 60.7 Å². The Morgan fingerprint density at radius 3 is 2.39 bits per heavy atom. The van der Waals surface area contributed by atoms with Gasteiger partial charge in [-0.2, -0.15) is 0 Å². The Morgan fingerprint density at radius 1 is 1.00 bits per heavy atom. The quantitative estimate of drug-likeness (QED) is 0.373. The lowest BCUT2D eigenvalue weighted by Gasteiger charge is -2.30. The van der Waals surface area contributed by atoms with Gasteiger partial charge in [-0.1, -0.05) is 54.6 Å². The predicted octanol–water partition coefficient (Wildman–Crippen LogP) is 4.38. The second-order valence-electron chi connectivity index (χ2n) is 8.36. The first-order valence-electron chi connectivity index (χ1n) is 11.4. The fourth-order valence-electron chi connectivity index (χ4n) is 3.72. The van der Waals surface area contributed by atoms with Gasteiger partial charge in [0.2, 0.25) is 0 Å². The molecule has 1 aliphatic heterocycles. The van der Waals surface area contributed by atoms with Crippen LogP contribution in [-0.4, -0.2) is 56.9 Å². The van der Waals surface area contributed by atoms with Crippen molar-refractivity contribution in [2.45, 2.75) is 50.8 Å². The van der Waals surface area contributed by atoms with E-state index in [0.717, 1.165) is 16.9 Å². The number of methoxy groups -OCH3 is 1. The van der Waals surface area contributed by atoms with Gasteiger partial charge in [0.05, 0.1) is 32.5 Å². The molecule has 0 aliphatic carbocycles. The topological polar surface area (TPSA) is 57.2 Å². The van der Waals surface area contributed by atoms with Crippen LogP contribution in [0.3, 0.4) is 0 Å². The van der Waals surface area contributed by atoms with Crippen LogP contribution in [-0.2, 0) is 32.2 Å². The molecule has 33 heavy (non-hydrogen) atoms. The zero-order valence-corrected chi connectivity index (χ0v) is 19.8. The van der Waals surface area contributed by atoms with Gasteiger partial charge < -0.3 is 23.8 Å². The average Bonchev–Trinajstić information content (AvgIpc) is 3.10. The third-order valence-electron chi connectivity index (χ3n) is 5.64. The van der Waals surface area contributed by atoms with E-state index in [9.17, 15) is 4.79 Å². The van der Waals surface area contributed by atoms with Crippen LogP contribution in [0.2, 0.25) is 0 Å². The summed E-state index contributed by atoms with van der Waals surface area (Å²) in [7, 11) is 5.16. The van der Waals surface area contributed by atoms with E-state index in [1.54, 1.807) is 26.1 Å². The lowest BCUT2D eigenvalue weighted by Crippen LogP contribution is -2.41. The molecule has 0 bridgehead atoms. The molecule has 1 aliphatic rings. The van der Waals surface area contributed by atoms with Gasteiger partial charge >= 0.3 is 0 Å². The maximum atomic E-state index is 12.6. The summed E-state index contributed by atoms with van der Waals surface area (Å²) in [5.41, 5.74) is 2.19. The minimum absolute atomic E-state index is 0.0271. The van der Waals surface area contributed by atoms with E-state index in [2.05, 4.69) is 6.08 Å². The molecule has 0 saturated carbocycles. The molecule has 0 saturated heterocycles. The minimum Gasteiger partial charge on any atom is -0.497 e. The summed E-state index contributed by atoms with van der Waals surface area (Å²) >= 11 is 0. The highest BCUT2D eigenvalue weighted by atomic mass is 16.6. The molecule has 1 amide bonds. The molecule has 0 N–H and O–H groups in total. The first-order valence-corrected chi connectivity index (χ1v) is 11.4. The van der Waals surface area contributed by atoms with Crippen molar-refractivity contribution >= 4 is 5.91 Å². The van der Waals surface area contributed by atoms with E-state index in [4.69, 9.17) is 18.9 Å². The van der Waals surface area contributed by atoms with Crippen LogP contribution in [0.15, 0.2) is 66.7 Å². The number of carbonyl (C=O) groups excluding carboxylic acids is 1. The molecule has 0 aromatic heterocycles. The number of amides is 1. The Hall–Kier alpha value is -2.67. The molecule has 0 fully saturated rings. The van der Waals surface area contributed by atoms with Crippen LogP contribution in [0, 0.1) is 0 Å². The first-order chi connectivity index (χ1) is 16.1. The number of benzene rings is 2. The number of carbonyl (C=O) groups is 1. The van der Waals surface area contributed by atoms with Gasteiger partial charge in [-0.25, -0.2) is 0 Å². The van der Waals surface area contributed by atoms with Crippen molar-refractivity contribution in [2.24, 2.45) is 0 Å². The van der Waals surface area contributed by atoms with Crippen molar-refractivity contribution in [1.82, 2.24) is 4.90 Å². The molecule has 0 unspecified atom stereocenters. The Kier molecular flexibility index (Phi) is 9.94. The van der Waals surface area contributed by atoms with E-state index >= 15 is 0 Å². The number of hydrogen-bond acceptors (Lipinski definition) is 5. The predicted molar refractivity (Wildman–Crippen MR) is 128 cm³/mol. The summed E-state index contributed by atoms with van der Waals surface area (Å²) in [6, 6.07) is 17.9. The second-order valence-corrected chi connectivity index (χ2v) is 8.36. The zero-order chi connectivity index (χ0) is 23.5. The van der Waals surface area contributed by atoms with E-state index in [0.29, 0.717) is 39.1 Å². The molecule has 6 nitrogen and oxygen atoms in total. The normalized spacial score (nSPS) is 19.0. The summed E-state index contributed by atoms with van der Waals surface area (Å²) < 4.78 is 23.8. The van der Waals surface area contributed by atoms with E-state index < -0.39 is 6.10 Å². The maximum Gasteiger partial charge on any atom is 0.251 e. The molecule has 0 radical (unpaired) electrons. The van der Waals surface area contributed by atoms with Crippen molar-refractivity contribution in [2.75, 3.05) is 27.8 Å². The van der Waals surface area contributed by atoms with Crippen molar-refractivity contribution in [3.05, 3.63) is 77.9 Å². The van der Waals surface area contributed by atoms with Crippen molar-refractivity contribution < 1.29 is 23.7 Å². The number of likely N-dealkylation sites (N-methyl/N-ethyl adjacent to an activating group) is 1. The highest BCUT2D eigenvalue weighted by Gasteiger charge is 2.30. The monoisotopic (exact) mass is 453 g/mol. The molecular weight excluding hydrogens is 418 g/mol. The average molecular weight is 454 g/mol. The van der Waals surface area contributed by atoms with Crippen LogP contribution < -0.4 is 4.74 Å². The van der Waals surface area contributed by atoms with Crippen molar-refractivity contribution in [3.63, 3.8) is 0 Å². The molecule has 2 aromatic rings. The van der Waals surface area contributed by atoms with Gasteiger partial charge in [-0.05, 0) is 36.1 Å². The molecular formula is C27H35NO5. The summed E-state index contributed by atoms with van der Waals surface area (Å²) in [6.07, 6.45) is 5.12. The largest absolute Gasteiger partial charge is 0.497 e. The summed E-state index contributed by atoms with van der Waals surface area (Å²) in [4.78, 5) is 14.1. The highest BCUT2D eigenvalue weighted by molar-refractivity contribution is 5.80. The van der Waals surface area contributed by atoms with Crippen LogP contribution in [0.1, 0.15) is 30.4 Å². The zero-order valence-electron chi connectivity index (χ0n) is 19.8. The van der Waals surface area contributed by atoms with Gasteiger partial charge in [-0.15, -0.1) is 0 Å². The van der Waals surface area contributed by atoms with Crippen LogP contribution >= 0.6 is 0 Å². The van der Waals surface area contributed by atoms with Gasteiger partial charge in [0.1, 0.15) is 11.9 Å². The number of hydrogen-bond donors (Lipinski definition) is 0. The lowest BCUT2D eigenvalue weighted by atomic mass is 10.1. The van der Waals surface area contributed by atoms with Crippen LogP contribution in [0.4, 0.5) is 0 Å². The summed E-state index contributed by atoms with van der Waals surface area (Å²) in [6.45, 7) is 1.54. The summed E-state index contributed by atoms with van der Waals surface area (Å²) in [5.74, 6) is 0.785. The molecule has 178 valence electrons. The molecule has 6 heteroatoms. The van der Waals surface area contributed by atoms with Gasteiger partial charge in [0.15, 0.2) is 0 Å². The van der Waals surface area contributed by atoms with Crippen molar-refractivity contribution in [3.8, 4) is 5.75 Å². The molecule has 0 spiro atoms. The van der Waals surface area contributed by atoms with Gasteiger partial charge in [0, 0.05) is 27.1 Å². The third-order valence-corrected chi connectivity index (χ3v) is 5.64. The number of nitrogens with zero attached hydrogens (tertiary/aromatic N) is 1. The van der Waals surface area contributed by atoms with E-state index in [-0.39, 0.29) is 18.1 Å². The maximum absolute atomic E-state index is 12.6. The molecule has 2 aromatic carbocycles. The first kappa shape index (κ1) is 25.0. The Bertz CT molecular complexity index is 866. The van der Waals surface area contributed by atoms with Crippen molar-refractivity contribution in [1.29, 1.82) is 0 Å². The van der Waals surface area contributed by atoms with E-state index in [1.165, 1.54) is 0 Å². The molecule has 3 rings (SSSR count). The summed E-state index contributed by atoms with van der Waals surface area (Å²) in [5, 5.41) is 0.